The van der Waals surface area contributed by atoms with Crippen molar-refractivity contribution in [1.82, 2.24) is 10.3 Å². The fourth-order valence-electron chi connectivity index (χ4n) is 2.83. The molecule has 0 bridgehead atoms. The first-order valence-electron chi connectivity index (χ1n) is 7.66. The van der Waals surface area contributed by atoms with Crippen LogP contribution in [-0.2, 0) is 4.79 Å². The molecule has 1 amide bonds. The van der Waals surface area contributed by atoms with Crippen LogP contribution in [0.4, 0.5) is 5.69 Å². The van der Waals surface area contributed by atoms with E-state index in [1.165, 1.54) is 25.3 Å². The molecule has 132 valence electrons. The fraction of sp³-hybridized carbons (Fsp3) is 0.111. The molecular formula is C18H14ClN3O4. The Kier molecular flexibility index (Phi) is 4.73. The van der Waals surface area contributed by atoms with E-state index in [1.54, 1.807) is 30.3 Å². The summed E-state index contributed by atoms with van der Waals surface area (Å²) in [5.74, 6) is -0.594. The molecule has 0 aliphatic heterocycles. The second kappa shape index (κ2) is 6.97. The Labute approximate surface area is 153 Å². The summed E-state index contributed by atoms with van der Waals surface area (Å²) in [7, 11) is 0. The second-order valence-electron chi connectivity index (χ2n) is 5.68. The van der Waals surface area contributed by atoms with Gasteiger partial charge in [0.2, 0.25) is 5.91 Å². The lowest BCUT2D eigenvalue weighted by molar-refractivity contribution is -0.383. The Bertz CT molecular complexity index is 1020. The highest BCUT2D eigenvalue weighted by Crippen LogP contribution is 2.39. The minimum atomic E-state index is -0.823. The molecule has 0 aliphatic rings. The third kappa shape index (κ3) is 3.29. The number of pyridine rings is 1. The molecule has 0 radical (unpaired) electrons. The maximum absolute atomic E-state index is 11.7. The van der Waals surface area contributed by atoms with Gasteiger partial charge in [-0.3, -0.25) is 19.9 Å². The van der Waals surface area contributed by atoms with Gasteiger partial charge in [-0.15, -0.1) is 0 Å². The smallest absolute Gasteiger partial charge is 0.279 e. The van der Waals surface area contributed by atoms with Crippen LogP contribution in [0.1, 0.15) is 24.1 Å². The molecule has 0 saturated carbocycles. The Morgan fingerprint density at radius 3 is 2.73 bits per heavy atom. The van der Waals surface area contributed by atoms with E-state index in [1.807, 2.05) is 0 Å². The van der Waals surface area contributed by atoms with E-state index in [9.17, 15) is 20.0 Å². The number of nitro benzene ring substituents is 1. The summed E-state index contributed by atoms with van der Waals surface area (Å²) in [5.41, 5.74) is 0.625. The van der Waals surface area contributed by atoms with Gasteiger partial charge in [-0.2, -0.15) is 0 Å². The maximum atomic E-state index is 11.7. The van der Waals surface area contributed by atoms with Crippen molar-refractivity contribution in [3.63, 3.8) is 0 Å². The van der Waals surface area contributed by atoms with Gasteiger partial charge in [0.1, 0.15) is 11.3 Å². The predicted molar refractivity (Wildman–Crippen MR) is 97.2 cm³/mol. The van der Waals surface area contributed by atoms with E-state index >= 15 is 0 Å². The van der Waals surface area contributed by atoms with Crippen molar-refractivity contribution in [1.29, 1.82) is 0 Å². The number of hydrogen-bond acceptors (Lipinski definition) is 5. The molecule has 2 aromatic carbocycles. The number of hydrogen-bond donors (Lipinski definition) is 2. The molecule has 26 heavy (non-hydrogen) atoms. The number of aromatic hydroxyl groups is 1. The van der Waals surface area contributed by atoms with Gasteiger partial charge in [-0.25, -0.2) is 0 Å². The SMILES string of the molecule is CC(=O)NC(c1cccc(Cl)c1)c1cc([N+](=O)[O-])c2cccnc2c1O. The number of halogens is 1. The molecule has 2 N–H and O–H groups in total. The van der Waals surface area contributed by atoms with Gasteiger partial charge in [-0.05, 0) is 29.8 Å². The topological polar surface area (TPSA) is 105 Å². The summed E-state index contributed by atoms with van der Waals surface area (Å²) in [6.07, 6.45) is 1.43. The van der Waals surface area contributed by atoms with Gasteiger partial charge in [0.05, 0.1) is 16.4 Å². The van der Waals surface area contributed by atoms with Crippen LogP contribution in [0.15, 0.2) is 48.7 Å². The van der Waals surface area contributed by atoms with Crippen LogP contribution >= 0.6 is 11.6 Å². The van der Waals surface area contributed by atoms with E-state index in [4.69, 9.17) is 11.6 Å². The number of carbonyl (C=O) groups excluding carboxylic acids is 1. The molecule has 8 heteroatoms. The molecule has 7 nitrogen and oxygen atoms in total. The van der Waals surface area contributed by atoms with E-state index < -0.39 is 11.0 Å². The van der Waals surface area contributed by atoms with E-state index in [2.05, 4.69) is 10.3 Å². The minimum absolute atomic E-state index is 0.0917. The number of nitrogens with one attached hydrogen (secondary N) is 1. The van der Waals surface area contributed by atoms with Crippen molar-refractivity contribution in [2.45, 2.75) is 13.0 Å². The van der Waals surface area contributed by atoms with Crippen LogP contribution < -0.4 is 5.32 Å². The lowest BCUT2D eigenvalue weighted by Crippen LogP contribution is -2.27. The molecule has 0 spiro atoms. The quantitative estimate of drug-likeness (QED) is 0.537. The average Bonchev–Trinajstić information content (AvgIpc) is 2.60. The van der Waals surface area contributed by atoms with Crippen molar-refractivity contribution in [2.75, 3.05) is 0 Å². The third-order valence-electron chi connectivity index (χ3n) is 3.91. The molecule has 0 aliphatic carbocycles. The van der Waals surface area contributed by atoms with Crippen LogP contribution in [0.3, 0.4) is 0 Å². The van der Waals surface area contributed by atoms with Crippen LogP contribution in [0.25, 0.3) is 10.9 Å². The first kappa shape index (κ1) is 17.6. The standard InChI is InChI=1S/C18H14ClN3O4/c1-10(23)21-16(11-4-2-5-12(19)8-11)14-9-15(22(25)26)13-6-3-7-20-17(13)18(14)24/h2-9,16,24H,1H3,(H,21,23). The molecule has 0 fully saturated rings. The van der Waals surface area contributed by atoms with Crippen LogP contribution in [-0.4, -0.2) is 20.9 Å². The van der Waals surface area contributed by atoms with Gasteiger partial charge in [0.25, 0.3) is 5.69 Å². The number of benzene rings is 2. The summed E-state index contributed by atoms with van der Waals surface area (Å²) in [6.45, 7) is 1.32. The summed E-state index contributed by atoms with van der Waals surface area (Å²) in [5, 5.41) is 25.6. The molecule has 1 aromatic heterocycles. The van der Waals surface area contributed by atoms with Gasteiger partial charge < -0.3 is 10.4 Å². The number of carbonyl (C=O) groups is 1. The van der Waals surface area contributed by atoms with Crippen molar-refractivity contribution >= 4 is 34.1 Å². The third-order valence-corrected chi connectivity index (χ3v) is 4.15. The highest BCUT2D eigenvalue weighted by Gasteiger charge is 2.26. The minimum Gasteiger partial charge on any atom is -0.505 e. The number of rotatable bonds is 4. The van der Waals surface area contributed by atoms with Crippen molar-refractivity contribution in [3.05, 3.63) is 74.9 Å². The summed E-state index contributed by atoms with van der Waals surface area (Å²) < 4.78 is 0. The lowest BCUT2D eigenvalue weighted by Gasteiger charge is -2.21. The lowest BCUT2D eigenvalue weighted by atomic mass is 9.95. The van der Waals surface area contributed by atoms with Crippen LogP contribution in [0.2, 0.25) is 5.02 Å². The number of non-ortho nitro benzene ring substituents is 1. The number of nitro groups is 1. The molecule has 1 heterocycles. The van der Waals surface area contributed by atoms with Gasteiger partial charge in [0, 0.05) is 29.8 Å². The molecule has 0 saturated heterocycles. The van der Waals surface area contributed by atoms with E-state index in [0.717, 1.165) is 0 Å². The Hall–Kier alpha value is -3.19. The van der Waals surface area contributed by atoms with Crippen LogP contribution in [0.5, 0.6) is 5.75 Å². The Morgan fingerprint density at radius 2 is 2.08 bits per heavy atom. The largest absolute Gasteiger partial charge is 0.505 e. The molecule has 1 atom stereocenters. The second-order valence-corrected chi connectivity index (χ2v) is 6.12. The Morgan fingerprint density at radius 1 is 1.31 bits per heavy atom. The zero-order valence-electron chi connectivity index (χ0n) is 13.6. The molecule has 1 unspecified atom stereocenters. The predicted octanol–water partition coefficient (Wildman–Crippen LogP) is 3.73. The number of fused-ring (bicyclic) bond motifs is 1. The zero-order chi connectivity index (χ0) is 18.8. The van der Waals surface area contributed by atoms with E-state index in [-0.39, 0.29) is 33.8 Å². The fourth-order valence-corrected chi connectivity index (χ4v) is 3.03. The molecule has 3 rings (SSSR count). The monoisotopic (exact) mass is 371 g/mol. The highest BCUT2D eigenvalue weighted by molar-refractivity contribution is 6.30. The number of phenolic OH excluding ortho intramolecular Hbond substituents is 1. The molecule has 3 aromatic rings. The first-order chi connectivity index (χ1) is 12.4. The zero-order valence-corrected chi connectivity index (χ0v) is 14.4. The van der Waals surface area contributed by atoms with Crippen molar-refractivity contribution in [3.8, 4) is 5.75 Å². The number of aromatic nitrogens is 1. The molecular weight excluding hydrogens is 358 g/mol. The number of nitrogens with zero attached hydrogens (tertiary/aromatic N) is 2. The van der Waals surface area contributed by atoms with E-state index in [0.29, 0.717) is 10.6 Å². The van der Waals surface area contributed by atoms with Gasteiger partial charge in [-0.1, -0.05) is 23.7 Å². The number of amides is 1. The highest BCUT2D eigenvalue weighted by atomic mass is 35.5. The normalized spacial score (nSPS) is 11.9. The van der Waals surface area contributed by atoms with Gasteiger partial charge in [0.15, 0.2) is 0 Å². The van der Waals surface area contributed by atoms with Crippen molar-refractivity contribution < 1.29 is 14.8 Å². The van der Waals surface area contributed by atoms with Crippen molar-refractivity contribution in [2.24, 2.45) is 0 Å². The first-order valence-corrected chi connectivity index (χ1v) is 8.04. The average molecular weight is 372 g/mol. The summed E-state index contributed by atoms with van der Waals surface area (Å²) in [6, 6.07) is 10.2. The summed E-state index contributed by atoms with van der Waals surface area (Å²) in [4.78, 5) is 26.7. The Balaban J connectivity index is 2.30. The number of phenols is 1. The van der Waals surface area contributed by atoms with Crippen LogP contribution in [0, 0.1) is 10.1 Å². The maximum Gasteiger partial charge on any atom is 0.279 e. The van der Waals surface area contributed by atoms with Gasteiger partial charge >= 0.3 is 0 Å². The summed E-state index contributed by atoms with van der Waals surface area (Å²) >= 11 is 6.03.